The van der Waals surface area contributed by atoms with Gasteiger partial charge < -0.3 is 10.1 Å². The molecule has 5 nitrogen and oxygen atoms in total. The minimum absolute atomic E-state index is 0.336. The van der Waals surface area contributed by atoms with E-state index < -0.39 is 0 Å². The van der Waals surface area contributed by atoms with Crippen molar-refractivity contribution in [3.63, 3.8) is 0 Å². The number of hydrogen-bond acceptors (Lipinski definition) is 6. The summed E-state index contributed by atoms with van der Waals surface area (Å²) in [5.74, 6) is 1.24. The molecule has 7 heteroatoms. The van der Waals surface area contributed by atoms with E-state index in [1.807, 2.05) is 24.3 Å². The average Bonchev–Trinajstić information content (AvgIpc) is 3.36. The Morgan fingerprint density at radius 2 is 2.22 bits per heavy atom. The van der Waals surface area contributed by atoms with Gasteiger partial charge in [0.15, 0.2) is 0 Å². The molecule has 2 N–H and O–H groups in total. The molecule has 0 radical (unpaired) electrons. The van der Waals surface area contributed by atoms with Crippen molar-refractivity contribution in [3.05, 3.63) is 63.6 Å². The zero-order valence-electron chi connectivity index (χ0n) is 14.9. The first-order valence-electron chi connectivity index (χ1n) is 9.08. The summed E-state index contributed by atoms with van der Waals surface area (Å²) >= 11 is 8.15. The van der Waals surface area contributed by atoms with Gasteiger partial charge in [0.1, 0.15) is 18.5 Å². The molecule has 0 amide bonds. The summed E-state index contributed by atoms with van der Waals surface area (Å²) in [6.45, 7) is 6.23. The number of rotatable bonds is 6. The number of aromatic nitrogens is 1. The number of nitrogens with one attached hydrogen (secondary N) is 2. The molecule has 1 fully saturated rings. The highest BCUT2D eigenvalue weighted by Gasteiger charge is 2.27. The van der Waals surface area contributed by atoms with E-state index in [9.17, 15) is 0 Å². The predicted octanol–water partition coefficient (Wildman–Crippen LogP) is 4.45. The van der Waals surface area contributed by atoms with E-state index in [4.69, 9.17) is 26.2 Å². The predicted molar refractivity (Wildman–Crippen MR) is 109 cm³/mol. The lowest BCUT2D eigenvalue weighted by Gasteiger charge is -2.20. The van der Waals surface area contributed by atoms with E-state index in [2.05, 4.69) is 22.8 Å². The van der Waals surface area contributed by atoms with Crippen molar-refractivity contribution in [3.8, 4) is 5.75 Å². The molecule has 0 saturated carbocycles. The standard InChI is InChI=1S/C20H22ClN3O2S/c1-2-10-25-17-5-3-4-14(21)19(17)18-11-15(24-26-18)16-12-27-20(23-16)13-6-8-22-9-7-13/h2-5,11-13,18,22,24H,1,6-10H2. The second-order valence-corrected chi connectivity index (χ2v) is 7.86. The van der Waals surface area contributed by atoms with Gasteiger partial charge in [-0.05, 0) is 44.1 Å². The van der Waals surface area contributed by atoms with Crippen LogP contribution in [-0.4, -0.2) is 24.7 Å². The number of ether oxygens (including phenoxy) is 1. The van der Waals surface area contributed by atoms with Crippen molar-refractivity contribution < 1.29 is 9.57 Å². The first-order valence-corrected chi connectivity index (χ1v) is 10.3. The molecule has 0 aliphatic carbocycles. The molecular weight excluding hydrogens is 382 g/mol. The average molecular weight is 404 g/mol. The highest BCUT2D eigenvalue weighted by atomic mass is 35.5. The lowest BCUT2D eigenvalue weighted by Crippen LogP contribution is -2.26. The SMILES string of the molecule is C=CCOc1cccc(Cl)c1C1C=C(c2csc(C3CCNCC3)n2)NO1. The van der Waals surface area contributed by atoms with Gasteiger partial charge >= 0.3 is 0 Å². The number of hydroxylamine groups is 1. The Hall–Kier alpha value is -1.86. The van der Waals surface area contributed by atoms with Crippen LogP contribution in [0, 0.1) is 0 Å². The van der Waals surface area contributed by atoms with Crippen molar-refractivity contribution in [1.82, 2.24) is 15.8 Å². The third-order valence-corrected chi connectivity index (χ3v) is 6.09. The maximum absolute atomic E-state index is 6.43. The number of halogens is 1. The molecule has 3 heterocycles. The Bertz CT molecular complexity index is 846. The van der Waals surface area contributed by atoms with Crippen molar-refractivity contribution in [2.24, 2.45) is 0 Å². The second-order valence-electron chi connectivity index (χ2n) is 6.57. The summed E-state index contributed by atoms with van der Waals surface area (Å²) in [4.78, 5) is 10.6. The molecule has 2 aliphatic rings. The molecule has 0 spiro atoms. The van der Waals surface area contributed by atoms with Crippen LogP contribution in [0.5, 0.6) is 5.75 Å². The van der Waals surface area contributed by atoms with Crippen LogP contribution in [0.1, 0.15) is 41.1 Å². The van der Waals surface area contributed by atoms with Crippen LogP contribution in [0.3, 0.4) is 0 Å². The topological polar surface area (TPSA) is 55.4 Å². The third-order valence-electron chi connectivity index (χ3n) is 4.75. The minimum atomic E-state index is -0.336. The monoisotopic (exact) mass is 403 g/mol. The number of nitrogens with zero attached hydrogens (tertiary/aromatic N) is 1. The number of hydrogen-bond donors (Lipinski definition) is 2. The lowest BCUT2D eigenvalue weighted by molar-refractivity contribution is 0.0494. The van der Waals surface area contributed by atoms with E-state index in [1.165, 1.54) is 5.01 Å². The van der Waals surface area contributed by atoms with E-state index in [0.29, 0.717) is 23.3 Å². The molecule has 1 atom stereocenters. The molecule has 27 heavy (non-hydrogen) atoms. The maximum atomic E-state index is 6.43. The fraction of sp³-hybridized carbons (Fsp3) is 0.350. The highest BCUT2D eigenvalue weighted by Crippen LogP contribution is 2.39. The Morgan fingerprint density at radius 1 is 1.37 bits per heavy atom. The Kier molecular flexibility index (Phi) is 5.78. The Balaban J connectivity index is 1.55. The third kappa shape index (κ3) is 4.04. The van der Waals surface area contributed by atoms with Gasteiger partial charge in [0, 0.05) is 16.9 Å². The molecule has 142 valence electrons. The molecule has 0 bridgehead atoms. The van der Waals surface area contributed by atoms with Gasteiger partial charge in [-0.25, -0.2) is 4.98 Å². The van der Waals surface area contributed by atoms with Crippen LogP contribution in [0.4, 0.5) is 0 Å². The van der Waals surface area contributed by atoms with Crippen molar-refractivity contribution >= 4 is 28.6 Å². The van der Waals surface area contributed by atoms with Crippen molar-refractivity contribution in [2.45, 2.75) is 24.9 Å². The Labute approximate surface area is 168 Å². The second kappa shape index (κ2) is 8.44. The zero-order chi connectivity index (χ0) is 18.6. The number of piperidine rings is 1. The smallest absolute Gasteiger partial charge is 0.136 e. The van der Waals surface area contributed by atoms with Gasteiger partial charge in [-0.2, -0.15) is 0 Å². The number of thiazole rings is 1. The summed E-state index contributed by atoms with van der Waals surface area (Å²) < 4.78 is 5.74. The molecule has 1 saturated heterocycles. The largest absolute Gasteiger partial charge is 0.489 e. The van der Waals surface area contributed by atoms with Crippen LogP contribution in [0.15, 0.2) is 42.3 Å². The van der Waals surface area contributed by atoms with Gasteiger partial charge in [-0.3, -0.25) is 10.3 Å². The summed E-state index contributed by atoms with van der Waals surface area (Å²) in [6.07, 6.45) is 5.66. The Morgan fingerprint density at radius 3 is 3.04 bits per heavy atom. The maximum Gasteiger partial charge on any atom is 0.136 e. The molecule has 4 rings (SSSR count). The van der Waals surface area contributed by atoms with E-state index in [0.717, 1.165) is 42.9 Å². The van der Waals surface area contributed by atoms with Gasteiger partial charge in [0.05, 0.1) is 21.4 Å². The molecule has 2 aliphatic heterocycles. The van der Waals surface area contributed by atoms with Gasteiger partial charge in [-0.15, -0.1) is 11.3 Å². The molecular formula is C20H22ClN3O2S. The van der Waals surface area contributed by atoms with Crippen LogP contribution in [-0.2, 0) is 4.84 Å². The van der Waals surface area contributed by atoms with E-state index in [-0.39, 0.29) is 6.10 Å². The molecule has 1 aromatic heterocycles. The van der Waals surface area contributed by atoms with E-state index >= 15 is 0 Å². The van der Waals surface area contributed by atoms with Crippen LogP contribution in [0.2, 0.25) is 5.02 Å². The van der Waals surface area contributed by atoms with Crippen molar-refractivity contribution in [2.75, 3.05) is 19.7 Å². The van der Waals surface area contributed by atoms with Crippen LogP contribution >= 0.6 is 22.9 Å². The fourth-order valence-electron chi connectivity index (χ4n) is 3.36. The van der Waals surface area contributed by atoms with Gasteiger partial charge in [0.25, 0.3) is 0 Å². The van der Waals surface area contributed by atoms with Crippen LogP contribution in [0.25, 0.3) is 5.70 Å². The molecule has 1 unspecified atom stereocenters. The summed E-state index contributed by atoms with van der Waals surface area (Å²) in [5, 5.41) is 7.29. The molecule has 1 aromatic carbocycles. The lowest BCUT2D eigenvalue weighted by atomic mass is 9.99. The summed E-state index contributed by atoms with van der Waals surface area (Å²) in [5.41, 5.74) is 5.59. The van der Waals surface area contributed by atoms with Gasteiger partial charge in [0.2, 0.25) is 0 Å². The summed E-state index contributed by atoms with van der Waals surface area (Å²) in [7, 11) is 0. The quantitative estimate of drug-likeness (QED) is 0.698. The first-order chi connectivity index (χ1) is 13.3. The fourth-order valence-corrected chi connectivity index (χ4v) is 4.63. The van der Waals surface area contributed by atoms with Crippen LogP contribution < -0.4 is 15.5 Å². The minimum Gasteiger partial charge on any atom is -0.489 e. The highest BCUT2D eigenvalue weighted by molar-refractivity contribution is 7.09. The normalized spacial score (nSPS) is 20.2. The zero-order valence-corrected chi connectivity index (χ0v) is 16.5. The van der Waals surface area contributed by atoms with Crippen molar-refractivity contribution in [1.29, 1.82) is 0 Å². The number of benzene rings is 1. The molecule has 2 aromatic rings. The van der Waals surface area contributed by atoms with E-state index in [1.54, 1.807) is 17.4 Å². The summed E-state index contributed by atoms with van der Waals surface area (Å²) in [6, 6.07) is 5.59. The first kappa shape index (κ1) is 18.5. The van der Waals surface area contributed by atoms with Gasteiger partial charge in [-0.1, -0.05) is 30.3 Å².